The normalized spacial score (nSPS) is 2.55. The minimum absolute atomic E-state index is 0.125. The molecule has 0 atom stereocenters. The molecule has 0 aromatic carbocycles. The van der Waals surface area contributed by atoms with Crippen molar-refractivity contribution < 1.29 is 10.2 Å². The molecule has 0 aliphatic carbocycles. The average Bonchev–Trinajstić information content (AvgIpc) is 3.19. The Balaban J connectivity index is -0.00000000688. The van der Waals surface area contributed by atoms with E-state index in [-0.39, 0.29) is 13.2 Å². The van der Waals surface area contributed by atoms with Crippen LogP contribution in [0.25, 0.3) is 0 Å². The lowest BCUT2D eigenvalue weighted by Crippen LogP contribution is -1.85. The van der Waals surface area contributed by atoms with Gasteiger partial charge in [-0.05, 0) is 0 Å². The number of rotatable bonds is 1. The van der Waals surface area contributed by atoms with Gasteiger partial charge in [-0.2, -0.15) is 0 Å². The summed E-state index contributed by atoms with van der Waals surface area (Å²) in [5.41, 5.74) is 0. The van der Waals surface area contributed by atoms with E-state index >= 15 is 0 Å². The van der Waals surface area contributed by atoms with Crippen LogP contribution >= 0.6 is 0 Å². The van der Waals surface area contributed by atoms with Crippen LogP contribution in [-0.2, 0) is 0 Å². The van der Waals surface area contributed by atoms with Crippen LogP contribution in [0.3, 0.4) is 0 Å². The lowest BCUT2D eigenvalue weighted by Gasteiger charge is -1.70. The maximum absolute atomic E-state index is 7.62. The maximum atomic E-state index is 7.62. The fourth-order valence-electron chi connectivity index (χ4n) is 0. The Morgan fingerprint density at radius 3 is 0.175 bits per heavy atom. The number of aliphatic hydroxyl groups is 2. The summed E-state index contributed by atoms with van der Waals surface area (Å²) in [4.78, 5) is 0. The van der Waals surface area contributed by atoms with E-state index in [0.717, 1.165) is 0 Å². The first-order valence-electron chi connectivity index (χ1n) is 10.1. The Kier molecular flexibility index (Phi) is 19400. The van der Waals surface area contributed by atoms with Crippen LogP contribution in [-0.4, -0.2) is 23.4 Å². The highest BCUT2D eigenvalue weighted by atomic mass is 16.3. The van der Waals surface area contributed by atoms with Crippen molar-refractivity contribution in [3.63, 3.8) is 0 Å². The van der Waals surface area contributed by atoms with Crippen LogP contribution in [0.1, 0.15) is 0 Å². The van der Waals surface area contributed by atoms with Crippen LogP contribution in [0.5, 0.6) is 0 Å². The highest BCUT2D eigenvalue weighted by molar-refractivity contribution is 4.25. The van der Waals surface area contributed by atoms with Gasteiger partial charge in [0.1, 0.15) is 0 Å². The predicted octanol–water partition coefficient (Wildman–Crippen LogP) is 13.4. The Labute approximate surface area is 260 Å². The molecule has 0 aromatic heterocycles. The largest absolute Gasteiger partial charge is 0.394 e. The van der Waals surface area contributed by atoms with E-state index in [9.17, 15) is 0 Å². The summed E-state index contributed by atoms with van der Waals surface area (Å²) in [6.45, 7) is 108. The minimum atomic E-state index is -0.125. The molecule has 0 aliphatic rings. The summed E-state index contributed by atoms with van der Waals surface area (Å²) < 4.78 is 0. The van der Waals surface area contributed by atoms with E-state index in [0.29, 0.717) is 0 Å². The molecule has 0 bridgehead atoms. The predicted molar refractivity (Wildman–Crippen MR) is 217 cm³/mol. The van der Waals surface area contributed by atoms with Gasteiger partial charge >= 0.3 is 0 Å². The van der Waals surface area contributed by atoms with E-state index in [1.807, 2.05) is 0 Å². The second-order valence-corrected chi connectivity index (χ2v) is 0.447. The monoisotopic (exact) mass is 567 g/mol. The van der Waals surface area contributed by atoms with E-state index in [2.05, 4.69) is 237 Å². The third-order valence-corrected chi connectivity index (χ3v) is 0.1000. The van der Waals surface area contributed by atoms with Gasteiger partial charge in [-0.3, -0.25) is 0 Å². The van der Waals surface area contributed by atoms with Gasteiger partial charge in [0.05, 0.1) is 13.2 Å². The van der Waals surface area contributed by atoms with Crippen LogP contribution in [0, 0.1) is 0 Å². The van der Waals surface area contributed by atoms with Gasteiger partial charge < -0.3 is 10.2 Å². The van der Waals surface area contributed by atoms with E-state index in [1.54, 1.807) is 0 Å². The summed E-state index contributed by atoms with van der Waals surface area (Å²) in [7, 11) is 0. The summed E-state index contributed by atoms with van der Waals surface area (Å²) in [6.07, 6.45) is 0. The fraction of sp³-hybridized carbons (Fsp3) is 0.0526. The molecule has 0 amide bonds. The van der Waals surface area contributed by atoms with Gasteiger partial charge in [0.2, 0.25) is 0 Å². The third kappa shape index (κ3) is 2440. The summed E-state index contributed by atoms with van der Waals surface area (Å²) in [6, 6.07) is 0. The molecular weight excluding hydrogens is 488 g/mol. The van der Waals surface area contributed by atoms with Crippen molar-refractivity contribution >= 4 is 0 Å². The van der Waals surface area contributed by atoms with Crippen molar-refractivity contribution in [2.75, 3.05) is 13.2 Å². The molecule has 0 unspecified atom stereocenters. The molecule has 0 saturated heterocycles. The summed E-state index contributed by atoms with van der Waals surface area (Å²) >= 11 is 0. The van der Waals surface area contributed by atoms with Gasteiger partial charge in [0.15, 0.2) is 0 Å². The SMILES string of the molecule is C=C.C=C.C=C.C=C.C=C.C=C.C=C.C=C.C=C.C=C.C=C.C=C.C=C.C=C.C=C.C=C.C=C.C=C.OCCO. The molecule has 0 saturated carbocycles. The minimum Gasteiger partial charge on any atom is -0.394 e. The Morgan fingerprint density at radius 2 is 0.175 bits per heavy atom. The van der Waals surface area contributed by atoms with Crippen molar-refractivity contribution in [1.29, 1.82) is 0 Å². The van der Waals surface area contributed by atoms with Gasteiger partial charge in [0.25, 0.3) is 0 Å². The lowest BCUT2D eigenvalue weighted by molar-refractivity contribution is 0.186. The van der Waals surface area contributed by atoms with Gasteiger partial charge in [-0.25, -0.2) is 0 Å². The zero-order valence-corrected chi connectivity index (χ0v) is 27.8. The molecule has 0 radical (unpaired) electrons. The molecule has 0 aliphatic heterocycles. The molecule has 0 spiro atoms. The van der Waals surface area contributed by atoms with Crippen LogP contribution < -0.4 is 0 Å². The second-order valence-electron chi connectivity index (χ2n) is 0.447. The molecule has 2 nitrogen and oxygen atoms in total. The highest BCUT2D eigenvalue weighted by Gasteiger charge is 1.58. The topological polar surface area (TPSA) is 40.5 Å². The molecule has 0 heterocycles. The van der Waals surface area contributed by atoms with E-state index in [4.69, 9.17) is 10.2 Å². The first-order valence-corrected chi connectivity index (χ1v) is 10.1. The van der Waals surface area contributed by atoms with Gasteiger partial charge in [0, 0.05) is 0 Å². The van der Waals surface area contributed by atoms with Crippen molar-refractivity contribution in [2.24, 2.45) is 0 Å². The second kappa shape index (κ2) is 4970. The average molecular weight is 567 g/mol. The molecular formula is C38H78O2. The van der Waals surface area contributed by atoms with Crippen LogP contribution in [0.2, 0.25) is 0 Å². The molecule has 242 valence electrons. The van der Waals surface area contributed by atoms with Crippen molar-refractivity contribution in [3.8, 4) is 0 Å². The first kappa shape index (κ1) is 157. The standard InChI is InChI=1S/C2H6O2.18C2H4/c3-1-2-4;18*1-2/h3-4H,1-2H2;18*1-2H2. The number of aliphatic hydroxyl groups excluding tert-OH is 2. The zero-order valence-electron chi connectivity index (χ0n) is 27.8. The molecule has 2 heteroatoms. The van der Waals surface area contributed by atoms with Crippen molar-refractivity contribution in [3.05, 3.63) is 237 Å². The third-order valence-electron chi connectivity index (χ3n) is 0.1000. The van der Waals surface area contributed by atoms with Crippen LogP contribution in [0.4, 0.5) is 0 Å². The van der Waals surface area contributed by atoms with E-state index in [1.165, 1.54) is 0 Å². The number of hydrogen-bond acceptors (Lipinski definition) is 2. The van der Waals surface area contributed by atoms with Crippen molar-refractivity contribution in [1.82, 2.24) is 0 Å². The highest BCUT2D eigenvalue weighted by Crippen LogP contribution is 1.39. The Hall–Kier alpha value is -4.76. The Morgan fingerprint density at radius 1 is 0.150 bits per heavy atom. The zero-order chi connectivity index (χ0) is 39.4. The van der Waals surface area contributed by atoms with Gasteiger partial charge in [-0.15, -0.1) is 237 Å². The fourth-order valence-corrected chi connectivity index (χ4v) is 0. The summed E-state index contributed by atoms with van der Waals surface area (Å²) in [5, 5.41) is 15.2. The lowest BCUT2D eigenvalue weighted by atomic mass is 10.8. The maximum Gasteiger partial charge on any atom is 0.0662 e. The molecule has 2 N–H and O–H groups in total. The quantitative estimate of drug-likeness (QED) is 0.310. The number of hydrogen-bond donors (Lipinski definition) is 2. The first-order chi connectivity index (χ1) is 19.9. The molecule has 0 aromatic rings. The molecule has 0 rings (SSSR count). The summed E-state index contributed by atoms with van der Waals surface area (Å²) in [5.74, 6) is 0. The smallest absolute Gasteiger partial charge is 0.0662 e. The van der Waals surface area contributed by atoms with E-state index < -0.39 is 0 Å². The van der Waals surface area contributed by atoms with Crippen molar-refractivity contribution in [2.45, 2.75) is 0 Å². The Bertz CT molecular complexity index is 107. The molecule has 40 heavy (non-hydrogen) atoms. The molecule has 0 fully saturated rings. The van der Waals surface area contributed by atoms with Gasteiger partial charge in [-0.1, -0.05) is 0 Å². The van der Waals surface area contributed by atoms with Crippen LogP contribution in [0.15, 0.2) is 237 Å².